The fourth-order valence-electron chi connectivity index (χ4n) is 0.463. The van der Waals surface area contributed by atoms with Crippen LogP contribution in [0.2, 0.25) is 0 Å². The fraction of sp³-hybridized carbons (Fsp3) is 0. The van der Waals surface area contributed by atoms with Gasteiger partial charge in [0.05, 0.1) is 0 Å². The second-order valence-electron chi connectivity index (χ2n) is 1.55. The minimum Gasteiger partial charge on any atom is -0.412 e. The summed E-state index contributed by atoms with van der Waals surface area (Å²) < 4.78 is 1.06. The molecule has 0 bridgehead atoms. The number of hydrogen-bond donors (Lipinski definition) is 0. The zero-order valence-electron chi connectivity index (χ0n) is 5.26. The molecule has 10 heavy (non-hydrogen) atoms. The van der Waals surface area contributed by atoms with E-state index in [0.717, 1.165) is 9.94 Å². The molecule has 0 aliphatic rings. The van der Waals surface area contributed by atoms with Crippen LogP contribution in [0, 0.1) is 0 Å². The van der Waals surface area contributed by atoms with Crippen molar-refractivity contribution in [3.8, 4) is 0 Å². The molecule has 1 aromatic carbocycles. The van der Waals surface area contributed by atoms with E-state index in [-0.39, 0.29) is 11.0 Å². The van der Waals surface area contributed by atoms with Crippen molar-refractivity contribution in [1.29, 1.82) is 0 Å². The van der Waals surface area contributed by atoms with Crippen LogP contribution in [0.25, 0.3) is 0 Å². The first-order valence-electron chi connectivity index (χ1n) is 2.30. The van der Waals surface area contributed by atoms with Crippen molar-refractivity contribution in [3.63, 3.8) is 0 Å². The highest BCUT2D eigenvalue weighted by Gasteiger charge is 1.81. The summed E-state index contributed by atoms with van der Waals surface area (Å²) in [6.45, 7) is 0. The molecule has 0 heterocycles. The third-order valence-corrected chi connectivity index (χ3v) is 1.40. The average molecular weight is 203 g/mol. The Labute approximate surface area is 69.4 Å². The second kappa shape index (κ2) is 5.47. The molecule has 0 amide bonds. The van der Waals surface area contributed by atoms with Gasteiger partial charge in [-0.1, -0.05) is 33.5 Å². The first kappa shape index (κ1) is 12.4. The van der Waals surface area contributed by atoms with E-state index >= 15 is 0 Å². The molecule has 0 fully saturated rings. The maximum atomic E-state index is 5.41. The SMILES string of the molecule is O.O.[B]c1ccc(Br)cc1. The van der Waals surface area contributed by atoms with Crippen molar-refractivity contribution < 1.29 is 11.0 Å². The van der Waals surface area contributed by atoms with Crippen molar-refractivity contribution in [2.75, 3.05) is 0 Å². The van der Waals surface area contributed by atoms with Crippen molar-refractivity contribution in [1.82, 2.24) is 0 Å². The lowest BCUT2D eigenvalue weighted by Crippen LogP contribution is -1.97. The summed E-state index contributed by atoms with van der Waals surface area (Å²) in [4.78, 5) is 0. The van der Waals surface area contributed by atoms with Gasteiger partial charge in [-0.3, -0.25) is 0 Å². The third kappa shape index (κ3) is 3.66. The molecule has 2 radical (unpaired) electrons. The van der Waals surface area contributed by atoms with Crippen LogP contribution < -0.4 is 5.46 Å². The molecule has 1 rings (SSSR count). The molecule has 0 saturated carbocycles. The Hall–Kier alpha value is -0.315. The van der Waals surface area contributed by atoms with Crippen LogP contribution in [-0.2, 0) is 0 Å². The maximum Gasteiger partial charge on any atom is 0.113 e. The number of halogens is 1. The lowest BCUT2D eigenvalue weighted by molar-refractivity contribution is 0.823. The Morgan fingerprint density at radius 1 is 1.00 bits per heavy atom. The van der Waals surface area contributed by atoms with Crippen molar-refractivity contribution in [2.24, 2.45) is 0 Å². The number of rotatable bonds is 0. The van der Waals surface area contributed by atoms with Gasteiger partial charge in [0.15, 0.2) is 0 Å². The molecule has 54 valence electrons. The van der Waals surface area contributed by atoms with Crippen LogP contribution in [0.1, 0.15) is 0 Å². The predicted molar refractivity (Wildman–Crippen MR) is 46.8 cm³/mol. The molecular formula is C6H8BBrO2. The van der Waals surface area contributed by atoms with Gasteiger partial charge in [-0.2, -0.15) is 0 Å². The molecule has 0 aliphatic heterocycles. The molecule has 4 heteroatoms. The molecule has 0 aliphatic carbocycles. The molecule has 0 spiro atoms. The molecule has 4 N–H and O–H groups in total. The van der Waals surface area contributed by atoms with E-state index in [0.29, 0.717) is 0 Å². The topological polar surface area (TPSA) is 63.0 Å². The summed E-state index contributed by atoms with van der Waals surface area (Å²) >= 11 is 3.29. The Bertz CT molecular complexity index is 155. The van der Waals surface area contributed by atoms with Gasteiger partial charge in [0.25, 0.3) is 0 Å². The quantitative estimate of drug-likeness (QED) is 0.514. The van der Waals surface area contributed by atoms with Crippen molar-refractivity contribution in [2.45, 2.75) is 0 Å². The summed E-state index contributed by atoms with van der Waals surface area (Å²) in [5.74, 6) is 0. The molecular weight excluding hydrogens is 195 g/mol. The molecule has 1 aromatic rings. The summed E-state index contributed by atoms with van der Waals surface area (Å²) in [7, 11) is 5.41. The van der Waals surface area contributed by atoms with E-state index in [2.05, 4.69) is 15.9 Å². The minimum atomic E-state index is 0. The Morgan fingerprint density at radius 3 is 1.70 bits per heavy atom. The molecule has 2 nitrogen and oxygen atoms in total. The van der Waals surface area contributed by atoms with Crippen LogP contribution in [-0.4, -0.2) is 18.8 Å². The minimum absolute atomic E-state index is 0. The van der Waals surface area contributed by atoms with Crippen LogP contribution in [0.4, 0.5) is 0 Å². The number of benzene rings is 1. The van der Waals surface area contributed by atoms with E-state index < -0.39 is 0 Å². The van der Waals surface area contributed by atoms with E-state index in [1.54, 1.807) is 0 Å². The monoisotopic (exact) mass is 202 g/mol. The summed E-state index contributed by atoms with van der Waals surface area (Å²) in [6, 6.07) is 7.53. The van der Waals surface area contributed by atoms with Gasteiger partial charge in [-0.25, -0.2) is 0 Å². The van der Waals surface area contributed by atoms with Crippen LogP contribution in [0.5, 0.6) is 0 Å². The first-order chi connectivity index (χ1) is 3.79. The Balaban J connectivity index is 0. The summed E-state index contributed by atoms with van der Waals surface area (Å²) in [5, 5.41) is 0. The van der Waals surface area contributed by atoms with E-state index in [1.165, 1.54) is 0 Å². The van der Waals surface area contributed by atoms with Crippen LogP contribution in [0.3, 0.4) is 0 Å². The zero-order chi connectivity index (χ0) is 5.98. The largest absolute Gasteiger partial charge is 0.412 e. The second-order valence-corrected chi connectivity index (χ2v) is 2.47. The highest BCUT2D eigenvalue weighted by molar-refractivity contribution is 9.10. The summed E-state index contributed by atoms with van der Waals surface area (Å²) in [5.41, 5.74) is 0.799. The maximum absolute atomic E-state index is 5.41. The Morgan fingerprint density at radius 2 is 1.40 bits per heavy atom. The van der Waals surface area contributed by atoms with Gasteiger partial charge in [0.2, 0.25) is 0 Å². The van der Waals surface area contributed by atoms with Gasteiger partial charge < -0.3 is 11.0 Å². The van der Waals surface area contributed by atoms with Gasteiger partial charge in [-0.15, -0.1) is 0 Å². The highest BCUT2D eigenvalue weighted by Crippen LogP contribution is 2.04. The van der Waals surface area contributed by atoms with Gasteiger partial charge in [-0.05, 0) is 12.1 Å². The predicted octanol–water partition coefficient (Wildman–Crippen LogP) is -0.407. The lowest BCUT2D eigenvalue weighted by Gasteiger charge is -1.88. The molecule has 0 unspecified atom stereocenters. The highest BCUT2D eigenvalue weighted by atomic mass is 79.9. The van der Waals surface area contributed by atoms with Crippen molar-refractivity contribution >= 4 is 29.2 Å². The molecule has 0 atom stereocenters. The standard InChI is InChI=1S/C6H4BBr.2H2O/c7-5-1-3-6(8)4-2-5;;/h1-4H;2*1H2. The summed E-state index contributed by atoms with van der Waals surface area (Å²) in [6.07, 6.45) is 0. The van der Waals surface area contributed by atoms with Gasteiger partial charge >= 0.3 is 0 Å². The van der Waals surface area contributed by atoms with E-state index in [4.69, 9.17) is 7.85 Å². The van der Waals surface area contributed by atoms with Crippen molar-refractivity contribution in [3.05, 3.63) is 28.7 Å². The lowest BCUT2D eigenvalue weighted by atomic mass is 9.97. The first-order valence-corrected chi connectivity index (χ1v) is 3.09. The fourth-order valence-corrected chi connectivity index (χ4v) is 0.727. The molecule has 0 aromatic heterocycles. The Kier molecular flexibility index (Phi) is 6.76. The van der Waals surface area contributed by atoms with Crippen LogP contribution >= 0.6 is 15.9 Å². The zero-order valence-corrected chi connectivity index (χ0v) is 6.85. The van der Waals surface area contributed by atoms with Gasteiger partial charge in [0.1, 0.15) is 7.85 Å². The van der Waals surface area contributed by atoms with Gasteiger partial charge in [0, 0.05) is 4.47 Å². The molecule has 0 saturated heterocycles. The normalized spacial score (nSPS) is 7.30. The number of hydrogen-bond acceptors (Lipinski definition) is 0. The van der Waals surface area contributed by atoms with E-state index in [9.17, 15) is 0 Å². The average Bonchev–Trinajstić information content (AvgIpc) is 1.77. The van der Waals surface area contributed by atoms with Crippen LogP contribution in [0.15, 0.2) is 28.7 Å². The van der Waals surface area contributed by atoms with E-state index in [1.807, 2.05) is 24.3 Å². The smallest absolute Gasteiger partial charge is 0.113 e. The third-order valence-electron chi connectivity index (χ3n) is 0.870.